The molecule has 0 aliphatic heterocycles. The first-order valence-electron chi connectivity index (χ1n) is 5.51. The van der Waals surface area contributed by atoms with Crippen LogP contribution in [0.2, 0.25) is 0 Å². The average molecular weight is 235 g/mol. The van der Waals surface area contributed by atoms with Gasteiger partial charge in [0.05, 0.1) is 5.56 Å². The molecule has 0 bridgehead atoms. The molecule has 0 spiro atoms. The number of carbonyl (C=O) groups is 2. The highest BCUT2D eigenvalue weighted by Gasteiger charge is 2.25. The zero-order valence-electron chi connectivity index (χ0n) is 10.3. The molecule has 1 aromatic rings. The lowest BCUT2D eigenvalue weighted by atomic mass is 9.89. The van der Waals surface area contributed by atoms with Crippen molar-refractivity contribution in [1.29, 1.82) is 0 Å². The van der Waals surface area contributed by atoms with Crippen LogP contribution in [0.15, 0.2) is 24.3 Å². The fourth-order valence-corrected chi connectivity index (χ4v) is 1.19. The van der Waals surface area contributed by atoms with Crippen molar-refractivity contribution in [3.8, 4) is 0 Å². The Hall–Kier alpha value is -1.84. The summed E-state index contributed by atoms with van der Waals surface area (Å²) in [4.78, 5) is 22.7. The second kappa shape index (κ2) is 4.99. The molecule has 0 aliphatic carbocycles. The number of benzene rings is 1. The van der Waals surface area contributed by atoms with Gasteiger partial charge in [-0.15, -0.1) is 0 Å². The van der Waals surface area contributed by atoms with Gasteiger partial charge >= 0.3 is 5.97 Å². The van der Waals surface area contributed by atoms with Gasteiger partial charge in [0.2, 0.25) is 5.91 Å². The molecule has 0 atom stereocenters. The molecule has 0 aliphatic rings. The molecule has 2 N–H and O–H groups in total. The molecule has 17 heavy (non-hydrogen) atoms. The van der Waals surface area contributed by atoms with Gasteiger partial charge in [0.15, 0.2) is 0 Å². The van der Waals surface area contributed by atoms with Crippen LogP contribution in [-0.2, 0) is 4.79 Å². The zero-order valence-corrected chi connectivity index (χ0v) is 10.3. The van der Waals surface area contributed by atoms with Crippen molar-refractivity contribution in [1.82, 2.24) is 0 Å². The van der Waals surface area contributed by atoms with Gasteiger partial charge in [-0.3, -0.25) is 4.79 Å². The third kappa shape index (κ3) is 3.31. The number of hydrogen-bond donors (Lipinski definition) is 2. The van der Waals surface area contributed by atoms with Crippen LogP contribution in [0.3, 0.4) is 0 Å². The van der Waals surface area contributed by atoms with Gasteiger partial charge in [0.1, 0.15) is 0 Å². The highest BCUT2D eigenvalue weighted by Crippen LogP contribution is 2.22. The summed E-state index contributed by atoms with van der Waals surface area (Å²) >= 11 is 0. The fraction of sp³-hybridized carbons (Fsp3) is 0.385. The number of hydrogen-bond acceptors (Lipinski definition) is 2. The predicted octanol–water partition coefficient (Wildman–Crippen LogP) is 2.76. The van der Waals surface area contributed by atoms with E-state index in [0.29, 0.717) is 5.69 Å². The highest BCUT2D eigenvalue weighted by molar-refractivity contribution is 5.96. The quantitative estimate of drug-likeness (QED) is 0.843. The summed E-state index contributed by atoms with van der Waals surface area (Å²) in [5.41, 5.74) is 0.215. The number of carboxylic acid groups (broad SMARTS) is 1. The van der Waals surface area contributed by atoms with E-state index in [1.54, 1.807) is 12.1 Å². The second-order valence-electron chi connectivity index (χ2n) is 4.58. The maximum atomic E-state index is 11.9. The summed E-state index contributed by atoms with van der Waals surface area (Å²) in [7, 11) is 0. The van der Waals surface area contributed by atoms with Gasteiger partial charge in [-0.2, -0.15) is 0 Å². The summed E-state index contributed by atoms with van der Waals surface area (Å²) < 4.78 is 0. The predicted molar refractivity (Wildman–Crippen MR) is 66.1 cm³/mol. The van der Waals surface area contributed by atoms with E-state index in [9.17, 15) is 9.59 Å². The summed E-state index contributed by atoms with van der Waals surface area (Å²) in [6.45, 7) is 5.64. The topological polar surface area (TPSA) is 66.4 Å². The van der Waals surface area contributed by atoms with Gasteiger partial charge < -0.3 is 10.4 Å². The monoisotopic (exact) mass is 235 g/mol. The van der Waals surface area contributed by atoms with E-state index in [0.717, 1.165) is 6.42 Å². The van der Waals surface area contributed by atoms with Crippen molar-refractivity contribution >= 4 is 17.6 Å². The molecule has 1 aromatic carbocycles. The Bertz CT molecular complexity index is 438. The molecular weight excluding hydrogens is 218 g/mol. The van der Waals surface area contributed by atoms with Gasteiger partial charge in [-0.1, -0.05) is 26.8 Å². The molecule has 0 saturated heterocycles. The van der Waals surface area contributed by atoms with Crippen LogP contribution in [0.1, 0.15) is 37.6 Å². The van der Waals surface area contributed by atoms with E-state index in [1.807, 2.05) is 20.8 Å². The molecule has 1 rings (SSSR count). The Balaban J connectivity index is 2.86. The number of aromatic carboxylic acids is 1. The normalized spacial score (nSPS) is 11.0. The lowest BCUT2D eigenvalue weighted by Gasteiger charge is -2.21. The molecule has 0 aromatic heterocycles. The van der Waals surface area contributed by atoms with Gasteiger partial charge in [0.25, 0.3) is 0 Å². The first kappa shape index (κ1) is 13.2. The molecule has 4 heteroatoms. The molecule has 0 unspecified atom stereocenters. The summed E-state index contributed by atoms with van der Waals surface area (Å²) in [5, 5.41) is 11.6. The average Bonchev–Trinajstić information content (AvgIpc) is 2.29. The first-order valence-corrected chi connectivity index (χ1v) is 5.51. The van der Waals surface area contributed by atoms with Gasteiger partial charge in [0, 0.05) is 11.1 Å². The van der Waals surface area contributed by atoms with Crippen molar-refractivity contribution in [2.75, 3.05) is 5.32 Å². The first-order chi connectivity index (χ1) is 7.86. The maximum absolute atomic E-state index is 11.9. The minimum Gasteiger partial charge on any atom is -0.478 e. The molecule has 0 saturated carbocycles. The van der Waals surface area contributed by atoms with Crippen LogP contribution in [0.25, 0.3) is 0 Å². The Morgan fingerprint density at radius 3 is 2.53 bits per heavy atom. The van der Waals surface area contributed by atoms with Crippen LogP contribution in [0.5, 0.6) is 0 Å². The van der Waals surface area contributed by atoms with Crippen LogP contribution >= 0.6 is 0 Å². The minimum atomic E-state index is -1.00. The molecule has 92 valence electrons. The van der Waals surface area contributed by atoms with E-state index >= 15 is 0 Å². The Morgan fingerprint density at radius 1 is 1.35 bits per heavy atom. The number of carboxylic acids is 1. The molecule has 1 amide bonds. The molecule has 4 nitrogen and oxygen atoms in total. The molecule has 0 radical (unpaired) electrons. The fourth-order valence-electron chi connectivity index (χ4n) is 1.19. The lowest BCUT2D eigenvalue weighted by molar-refractivity contribution is -0.124. The van der Waals surface area contributed by atoms with Gasteiger partial charge in [-0.05, 0) is 24.6 Å². The smallest absolute Gasteiger partial charge is 0.335 e. The minimum absolute atomic E-state index is 0.109. The van der Waals surface area contributed by atoms with Crippen LogP contribution in [0, 0.1) is 5.41 Å². The third-order valence-corrected chi connectivity index (χ3v) is 2.87. The van der Waals surface area contributed by atoms with E-state index in [4.69, 9.17) is 5.11 Å². The van der Waals surface area contributed by atoms with E-state index in [-0.39, 0.29) is 11.5 Å². The van der Waals surface area contributed by atoms with Crippen molar-refractivity contribution < 1.29 is 14.7 Å². The third-order valence-electron chi connectivity index (χ3n) is 2.87. The Morgan fingerprint density at radius 2 is 2.00 bits per heavy atom. The standard InChI is InChI=1S/C13H17NO3/c1-4-13(2,3)12(17)14-10-7-5-6-9(8-10)11(15)16/h5-8H,4H2,1-3H3,(H,14,17)(H,15,16). The largest absolute Gasteiger partial charge is 0.478 e. The van der Waals surface area contributed by atoms with Crippen molar-refractivity contribution in [3.63, 3.8) is 0 Å². The summed E-state index contributed by atoms with van der Waals surface area (Å²) in [5.74, 6) is -1.11. The van der Waals surface area contributed by atoms with Crippen LogP contribution in [0.4, 0.5) is 5.69 Å². The summed E-state index contributed by atoms with van der Waals surface area (Å²) in [6.07, 6.45) is 0.720. The van der Waals surface area contributed by atoms with Crippen molar-refractivity contribution in [3.05, 3.63) is 29.8 Å². The number of nitrogens with one attached hydrogen (secondary N) is 1. The number of anilines is 1. The van der Waals surface area contributed by atoms with Crippen LogP contribution < -0.4 is 5.32 Å². The van der Waals surface area contributed by atoms with Crippen molar-refractivity contribution in [2.24, 2.45) is 5.41 Å². The second-order valence-corrected chi connectivity index (χ2v) is 4.58. The van der Waals surface area contributed by atoms with Gasteiger partial charge in [-0.25, -0.2) is 4.79 Å². The molecule has 0 fully saturated rings. The Labute approximate surface area is 101 Å². The number of amides is 1. The number of carbonyl (C=O) groups excluding carboxylic acids is 1. The van der Waals surface area contributed by atoms with Crippen molar-refractivity contribution in [2.45, 2.75) is 27.2 Å². The molecule has 0 heterocycles. The zero-order chi connectivity index (χ0) is 13.1. The Kier molecular flexibility index (Phi) is 3.89. The maximum Gasteiger partial charge on any atom is 0.335 e. The van der Waals surface area contributed by atoms with E-state index < -0.39 is 11.4 Å². The van der Waals surface area contributed by atoms with Crippen LogP contribution in [-0.4, -0.2) is 17.0 Å². The molecular formula is C13H17NO3. The SMILES string of the molecule is CCC(C)(C)C(=O)Nc1cccc(C(=O)O)c1. The summed E-state index contributed by atoms with van der Waals surface area (Å²) in [6, 6.07) is 6.23. The van der Waals surface area contributed by atoms with E-state index in [1.165, 1.54) is 12.1 Å². The number of rotatable bonds is 4. The highest BCUT2D eigenvalue weighted by atomic mass is 16.4. The lowest BCUT2D eigenvalue weighted by Crippen LogP contribution is -2.30. The van der Waals surface area contributed by atoms with E-state index in [2.05, 4.69) is 5.32 Å².